The van der Waals surface area contributed by atoms with Crippen LogP contribution in [0.25, 0.3) is 0 Å². The van der Waals surface area contributed by atoms with Crippen molar-refractivity contribution in [1.82, 2.24) is 10.2 Å². The lowest BCUT2D eigenvalue weighted by Crippen LogP contribution is -2.45. The van der Waals surface area contributed by atoms with Crippen LogP contribution in [-0.4, -0.2) is 41.1 Å². The molecule has 1 aliphatic carbocycles. The maximum atomic E-state index is 12.0. The van der Waals surface area contributed by atoms with Crippen LogP contribution in [0.3, 0.4) is 0 Å². The van der Waals surface area contributed by atoms with Crippen LogP contribution in [-0.2, 0) is 4.79 Å². The molecular weight excluding hydrogens is 232 g/mol. The van der Waals surface area contributed by atoms with Crippen molar-refractivity contribution >= 4 is 12.0 Å². The third-order valence-corrected chi connectivity index (χ3v) is 4.28. The Morgan fingerprint density at radius 1 is 1.28 bits per heavy atom. The van der Waals surface area contributed by atoms with E-state index in [9.17, 15) is 9.59 Å². The van der Waals surface area contributed by atoms with Crippen LogP contribution in [0.2, 0.25) is 0 Å². The lowest BCUT2D eigenvalue weighted by molar-refractivity contribution is -0.141. The van der Waals surface area contributed by atoms with E-state index in [4.69, 9.17) is 5.11 Å². The fraction of sp³-hybridized carbons (Fsp3) is 0.846. The summed E-state index contributed by atoms with van der Waals surface area (Å²) in [6.07, 6.45) is 5.48. The molecule has 102 valence electrons. The molecule has 0 aromatic heterocycles. The molecule has 0 bridgehead atoms. The largest absolute Gasteiger partial charge is 0.481 e. The average Bonchev–Trinajstić information content (AvgIpc) is 3.00. The standard InChI is InChI=1S/C13H22N2O3/c1-9(10-4-2-3-5-10)14-13(18)15-7-6-11(8-15)12(16)17/h9-11H,2-8H2,1H3,(H,14,18)(H,16,17)/t9-,11?/m0/s1. The number of carboxylic acid groups (broad SMARTS) is 1. The van der Waals surface area contributed by atoms with Gasteiger partial charge in [0.15, 0.2) is 0 Å². The molecule has 2 aliphatic rings. The van der Waals surface area contributed by atoms with Gasteiger partial charge < -0.3 is 15.3 Å². The molecule has 1 heterocycles. The van der Waals surface area contributed by atoms with E-state index in [-0.39, 0.29) is 12.1 Å². The number of rotatable bonds is 3. The molecule has 2 rings (SSSR count). The molecule has 0 aromatic rings. The van der Waals surface area contributed by atoms with Gasteiger partial charge in [0.1, 0.15) is 0 Å². The summed E-state index contributed by atoms with van der Waals surface area (Å²) in [5.41, 5.74) is 0. The third-order valence-electron chi connectivity index (χ3n) is 4.28. The van der Waals surface area contributed by atoms with Gasteiger partial charge in [0, 0.05) is 19.1 Å². The Morgan fingerprint density at radius 2 is 1.94 bits per heavy atom. The monoisotopic (exact) mass is 254 g/mol. The SMILES string of the molecule is C[C@H](NC(=O)N1CCC(C(=O)O)C1)C1CCCC1. The second-order valence-corrected chi connectivity index (χ2v) is 5.55. The highest BCUT2D eigenvalue weighted by Crippen LogP contribution is 2.27. The van der Waals surface area contributed by atoms with Crippen LogP contribution < -0.4 is 5.32 Å². The normalized spacial score (nSPS) is 26.3. The Hall–Kier alpha value is -1.26. The fourth-order valence-corrected chi connectivity index (χ4v) is 3.01. The topological polar surface area (TPSA) is 69.6 Å². The third kappa shape index (κ3) is 2.94. The van der Waals surface area contributed by atoms with Crippen molar-refractivity contribution in [1.29, 1.82) is 0 Å². The summed E-state index contributed by atoms with van der Waals surface area (Å²) in [4.78, 5) is 24.5. The summed E-state index contributed by atoms with van der Waals surface area (Å²) in [5.74, 6) is -0.599. The van der Waals surface area contributed by atoms with Gasteiger partial charge in [0.25, 0.3) is 0 Å². The van der Waals surface area contributed by atoms with Crippen molar-refractivity contribution in [3.8, 4) is 0 Å². The lowest BCUT2D eigenvalue weighted by Gasteiger charge is -2.24. The molecule has 2 atom stereocenters. The van der Waals surface area contributed by atoms with E-state index < -0.39 is 11.9 Å². The summed E-state index contributed by atoms with van der Waals surface area (Å²) in [6, 6.07) is 0.0991. The number of carboxylic acids is 1. The van der Waals surface area contributed by atoms with E-state index in [1.165, 1.54) is 25.7 Å². The predicted molar refractivity (Wildman–Crippen MR) is 67.3 cm³/mol. The second-order valence-electron chi connectivity index (χ2n) is 5.55. The van der Waals surface area contributed by atoms with Crippen molar-refractivity contribution in [2.75, 3.05) is 13.1 Å². The maximum absolute atomic E-state index is 12.0. The van der Waals surface area contributed by atoms with Crippen LogP contribution in [0.4, 0.5) is 4.79 Å². The van der Waals surface area contributed by atoms with Gasteiger partial charge in [-0.15, -0.1) is 0 Å². The number of urea groups is 1. The van der Waals surface area contributed by atoms with Gasteiger partial charge in [0.2, 0.25) is 0 Å². The van der Waals surface area contributed by atoms with Gasteiger partial charge in [-0.05, 0) is 32.1 Å². The van der Waals surface area contributed by atoms with E-state index in [1.54, 1.807) is 4.90 Å². The molecule has 5 heteroatoms. The molecule has 2 N–H and O–H groups in total. The Kier molecular flexibility index (Phi) is 4.09. The average molecular weight is 254 g/mol. The molecule has 18 heavy (non-hydrogen) atoms. The number of hydrogen-bond donors (Lipinski definition) is 2. The number of likely N-dealkylation sites (tertiary alicyclic amines) is 1. The maximum Gasteiger partial charge on any atom is 0.317 e. The van der Waals surface area contributed by atoms with Gasteiger partial charge in [-0.25, -0.2) is 4.79 Å². The lowest BCUT2D eigenvalue weighted by atomic mass is 10.0. The van der Waals surface area contributed by atoms with E-state index in [2.05, 4.69) is 12.2 Å². The molecule has 2 fully saturated rings. The number of hydrogen-bond acceptors (Lipinski definition) is 2. The highest BCUT2D eigenvalue weighted by molar-refractivity contribution is 5.77. The molecule has 1 saturated heterocycles. The van der Waals surface area contributed by atoms with Crippen molar-refractivity contribution in [3.05, 3.63) is 0 Å². The summed E-state index contributed by atoms with van der Waals surface area (Å²) in [5, 5.41) is 11.9. The minimum Gasteiger partial charge on any atom is -0.481 e. The fourth-order valence-electron chi connectivity index (χ4n) is 3.01. The van der Waals surface area contributed by atoms with E-state index in [0.717, 1.165) is 0 Å². The zero-order valence-corrected chi connectivity index (χ0v) is 10.9. The van der Waals surface area contributed by atoms with Crippen molar-refractivity contribution in [2.24, 2.45) is 11.8 Å². The van der Waals surface area contributed by atoms with Gasteiger partial charge in [0.05, 0.1) is 5.92 Å². The first-order chi connectivity index (χ1) is 8.58. The minimum atomic E-state index is -0.797. The molecule has 0 radical (unpaired) electrons. The quantitative estimate of drug-likeness (QED) is 0.805. The van der Waals surface area contributed by atoms with Crippen molar-refractivity contribution < 1.29 is 14.7 Å². The smallest absolute Gasteiger partial charge is 0.317 e. The first-order valence-electron chi connectivity index (χ1n) is 6.86. The Labute approximate surface area is 108 Å². The molecule has 5 nitrogen and oxygen atoms in total. The highest BCUT2D eigenvalue weighted by Gasteiger charge is 2.32. The molecule has 1 saturated carbocycles. The molecule has 0 aromatic carbocycles. The number of amides is 2. The molecule has 1 aliphatic heterocycles. The van der Waals surface area contributed by atoms with Crippen LogP contribution >= 0.6 is 0 Å². The summed E-state index contributed by atoms with van der Waals surface area (Å²) >= 11 is 0. The number of carbonyl (C=O) groups excluding carboxylic acids is 1. The second kappa shape index (κ2) is 5.59. The van der Waals surface area contributed by atoms with E-state index in [0.29, 0.717) is 25.4 Å². The van der Waals surface area contributed by atoms with Crippen LogP contribution in [0, 0.1) is 11.8 Å². The first kappa shape index (κ1) is 13.2. The first-order valence-corrected chi connectivity index (χ1v) is 6.86. The van der Waals surface area contributed by atoms with Gasteiger partial charge in [-0.3, -0.25) is 4.79 Å². The van der Waals surface area contributed by atoms with Crippen molar-refractivity contribution in [3.63, 3.8) is 0 Å². The predicted octanol–water partition coefficient (Wildman–Crippen LogP) is 1.68. The Morgan fingerprint density at radius 3 is 2.50 bits per heavy atom. The van der Waals surface area contributed by atoms with Gasteiger partial charge in [-0.1, -0.05) is 12.8 Å². The van der Waals surface area contributed by atoms with E-state index >= 15 is 0 Å². The van der Waals surface area contributed by atoms with Crippen LogP contribution in [0.5, 0.6) is 0 Å². The molecule has 1 unspecified atom stereocenters. The molecule has 2 amide bonds. The number of aliphatic carboxylic acids is 1. The van der Waals surface area contributed by atoms with Crippen LogP contribution in [0.1, 0.15) is 39.0 Å². The van der Waals surface area contributed by atoms with Gasteiger partial charge in [-0.2, -0.15) is 0 Å². The Balaban J connectivity index is 1.79. The van der Waals surface area contributed by atoms with Gasteiger partial charge >= 0.3 is 12.0 Å². The van der Waals surface area contributed by atoms with Crippen molar-refractivity contribution in [2.45, 2.75) is 45.1 Å². The molecular formula is C13H22N2O3. The minimum absolute atomic E-state index is 0.0989. The zero-order valence-electron chi connectivity index (χ0n) is 10.9. The Bertz CT molecular complexity index is 326. The van der Waals surface area contributed by atoms with Crippen LogP contribution in [0.15, 0.2) is 0 Å². The van der Waals surface area contributed by atoms with E-state index in [1.807, 2.05) is 0 Å². The number of nitrogens with one attached hydrogen (secondary N) is 1. The highest BCUT2D eigenvalue weighted by atomic mass is 16.4. The number of carbonyl (C=O) groups is 2. The number of nitrogens with zero attached hydrogens (tertiary/aromatic N) is 1. The summed E-state index contributed by atoms with van der Waals surface area (Å²) in [7, 11) is 0. The molecule has 0 spiro atoms. The summed E-state index contributed by atoms with van der Waals surface area (Å²) in [6.45, 7) is 2.96. The summed E-state index contributed by atoms with van der Waals surface area (Å²) < 4.78 is 0. The zero-order chi connectivity index (χ0) is 13.1.